The summed E-state index contributed by atoms with van der Waals surface area (Å²) in [7, 11) is 1.69. The second-order valence-electron chi connectivity index (χ2n) is 7.04. The normalized spacial score (nSPS) is 14.4. The van der Waals surface area contributed by atoms with Crippen molar-refractivity contribution in [3.63, 3.8) is 0 Å². The number of hydrogen-bond donors (Lipinski definition) is 1. The molecule has 156 valence electrons. The van der Waals surface area contributed by atoms with E-state index in [4.69, 9.17) is 4.74 Å². The van der Waals surface area contributed by atoms with Crippen LogP contribution in [-0.2, 0) is 20.9 Å². The van der Waals surface area contributed by atoms with E-state index in [-0.39, 0.29) is 18.3 Å². The topological polar surface area (TPSA) is 84.4 Å². The number of thioether (sulfide) groups is 1. The lowest BCUT2D eigenvalue weighted by Gasteiger charge is -2.21. The van der Waals surface area contributed by atoms with Crippen LogP contribution in [0.15, 0.2) is 34.7 Å². The largest absolute Gasteiger partial charge is 0.455 e. The van der Waals surface area contributed by atoms with E-state index in [0.29, 0.717) is 16.9 Å². The lowest BCUT2D eigenvalue weighted by atomic mass is 9.96. The highest BCUT2D eigenvalue weighted by atomic mass is 32.2. The number of carbonyl (C=O) groups is 2. The fourth-order valence-electron chi connectivity index (χ4n) is 3.11. The second kappa shape index (κ2) is 11.2. The van der Waals surface area contributed by atoms with Gasteiger partial charge in [-0.1, -0.05) is 72.7 Å². The van der Waals surface area contributed by atoms with Crippen molar-refractivity contribution in [1.82, 2.24) is 15.1 Å². The zero-order chi connectivity index (χ0) is 20.5. The van der Waals surface area contributed by atoms with Gasteiger partial charge in [0.1, 0.15) is 0 Å². The van der Waals surface area contributed by atoms with E-state index in [1.807, 2.05) is 30.3 Å². The molecule has 0 radical (unpaired) electrons. The minimum absolute atomic E-state index is 0.105. The molecule has 0 saturated heterocycles. The standard InChI is InChI=1S/C20H26N4O3S2/c1-24(12-15-8-4-2-5-9-15)17(25)13-27-18(26)14-28-20-23-22-19(29-20)21-16-10-6-3-7-11-16/h2,4-5,8-9,16H,3,6-7,10-14H2,1H3,(H,21,22). The molecule has 9 heteroatoms. The van der Waals surface area contributed by atoms with Gasteiger partial charge in [0.25, 0.3) is 5.91 Å². The molecule has 1 amide bonds. The third kappa shape index (κ3) is 7.32. The first kappa shape index (κ1) is 21.6. The average molecular weight is 435 g/mol. The van der Waals surface area contributed by atoms with Crippen molar-refractivity contribution < 1.29 is 14.3 Å². The summed E-state index contributed by atoms with van der Waals surface area (Å²) in [5.41, 5.74) is 1.03. The van der Waals surface area contributed by atoms with Crippen molar-refractivity contribution >= 4 is 40.1 Å². The molecular weight excluding hydrogens is 408 g/mol. The number of rotatable bonds is 9. The summed E-state index contributed by atoms with van der Waals surface area (Å²) in [5.74, 6) is -0.566. The molecule has 0 spiro atoms. The summed E-state index contributed by atoms with van der Waals surface area (Å²) in [6.45, 7) is 0.223. The van der Waals surface area contributed by atoms with Crippen molar-refractivity contribution in [1.29, 1.82) is 0 Å². The molecule has 7 nitrogen and oxygen atoms in total. The van der Waals surface area contributed by atoms with Crippen LogP contribution in [0.25, 0.3) is 0 Å². The highest BCUT2D eigenvalue weighted by Crippen LogP contribution is 2.28. The van der Waals surface area contributed by atoms with Crippen molar-refractivity contribution in [3.8, 4) is 0 Å². The maximum atomic E-state index is 12.1. The van der Waals surface area contributed by atoms with E-state index in [9.17, 15) is 9.59 Å². The fraction of sp³-hybridized carbons (Fsp3) is 0.500. The minimum Gasteiger partial charge on any atom is -0.455 e. The molecule has 2 aromatic rings. The first-order valence-electron chi connectivity index (χ1n) is 9.76. The number of nitrogens with one attached hydrogen (secondary N) is 1. The predicted molar refractivity (Wildman–Crippen MR) is 115 cm³/mol. The van der Waals surface area contributed by atoms with Gasteiger partial charge in [0, 0.05) is 19.6 Å². The molecule has 1 aromatic heterocycles. The van der Waals surface area contributed by atoms with Gasteiger partial charge in [0.05, 0.1) is 5.75 Å². The monoisotopic (exact) mass is 434 g/mol. The zero-order valence-electron chi connectivity index (χ0n) is 16.5. The van der Waals surface area contributed by atoms with Gasteiger partial charge in [-0.05, 0) is 18.4 Å². The molecule has 1 N–H and O–H groups in total. The number of benzene rings is 1. The highest BCUT2D eigenvalue weighted by Gasteiger charge is 2.16. The number of nitrogens with zero attached hydrogens (tertiary/aromatic N) is 3. The number of hydrogen-bond acceptors (Lipinski definition) is 8. The molecule has 0 aliphatic heterocycles. The summed E-state index contributed by atoms with van der Waals surface area (Å²) in [6.07, 6.45) is 6.15. The van der Waals surface area contributed by atoms with Gasteiger partial charge >= 0.3 is 5.97 Å². The van der Waals surface area contributed by atoms with Crippen LogP contribution in [-0.4, -0.2) is 52.4 Å². The Hall–Kier alpha value is -2.13. The van der Waals surface area contributed by atoms with Crippen molar-refractivity contribution in [3.05, 3.63) is 35.9 Å². The van der Waals surface area contributed by atoms with Crippen LogP contribution in [0.5, 0.6) is 0 Å². The highest BCUT2D eigenvalue weighted by molar-refractivity contribution is 8.01. The number of ether oxygens (including phenoxy) is 1. The van der Waals surface area contributed by atoms with Gasteiger partial charge in [-0.2, -0.15) is 0 Å². The maximum Gasteiger partial charge on any atom is 0.316 e. The summed E-state index contributed by atoms with van der Waals surface area (Å²) < 4.78 is 5.82. The Bertz CT molecular complexity index is 794. The van der Waals surface area contributed by atoms with Crippen LogP contribution >= 0.6 is 23.1 Å². The van der Waals surface area contributed by atoms with Crippen LogP contribution in [0, 0.1) is 0 Å². The van der Waals surface area contributed by atoms with Crippen molar-refractivity contribution in [2.24, 2.45) is 0 Å². The molecule has 1 aliphatic carbocycles. The van der Waals surface area contributed by atoms with Crippen LogP contribution in [0.2, 0.25) is 0 Å². The Labute approximate surface area is 179 Å². The van der Waals surface area contributed by atoms with Crippen LogP contribution < -0.4 is 5.32 Å². The summed E-state index contributed by atoms with van der Waals surface area (Å²) in [6, 6.07) is 10.1. The quantitative estimate of drug-likeness (QED) is 0.477. The van der Waals surface area contributed by atoms with Gasteiger partial charge in [0.2, 0.25) is 5.13 Å². The Morgan fingerprint density at radius 3 is 2.72 bits per heavy atom. The third-order valence-electron chi connectivity index (χ3n) is 4.70. The van der Waals surface area contributed by atoms with E-state index >= 15 is 0 Å². The van der Waals surface area contributed by atoms with Crippen LogP contribution in [0.3, 0.4) is 0 Å². The fourth-order valence-corrected chi connectivity index (χ4v) is 4.73. The average Bonchev–Trinajstić information content (AvgIpc) is 3.19. The number of aromatic nitrogens is 2. The van der Waals surface area contributed by atoms with Gasteiger partial charge in [-0.25, -0.2) is 0 Å². The Kier molecular flexibility index (Phi) is 8.30. The Morgan fingerprint density at radius 1 is 1.21 bits per heavy atom. The Balaban J connectivity index is 1.34. The molecule has 1 heterocycles. The summed E-state index contributed by atoms with van der Waals surface area (Å²) in [4.78, 5) is 25.6. The first-order valence-corrected chi connectivity index (χ1v) is 11.6. The Morgan fingerprint density at radius 2 is 1.97 bits per heavy atom. The maximum absolute atomic E-state index is 12.1. The molecule has 29 heavy (non-hydrogen) atoms. The van der Waals surface area contributed by atoms with Crippen LogP contribution in [0.4, 0.5) is 5.13 Å². The van der Waals surface area contributed by atoms with Gasteiger partial charge in [-0.3, -0.25) is 9.59 Å². The van der Waals surface area contributed by atoms with Gasteiger partial charge in [-0.15, -0.1) is 10.2 Å². The van der Waals surface area contributed by atoms with Crippen LogP contribution in [0.1, 0.15) is 37.7 Å². The molecule has 0 bridgehead atoms. The van der Waals surface area contributed by atoms with E-state index in [1.165, 1.54) is 55.2 Å². The number of likely N-dealkylation sites (N-methyl/N-ethyl adjacent to an activating group) is 1. The van der Waals surface area contributed by atoms with Crippen molar-refractivity contribution in [2.75, 3.05) is 24.7 Å². The van der Waals surface area contributed by atoms with Gasteiger partial charge in [0.15, 0.2) is 10.9 Å². The molecule has 1 saturated carbocycles. The minimum atomic E-state index is -0.437. The first-order chi connectivity index (χ1) is 14.1. The van der Waals surface area contributed by atoms with E-state index in [2.05, 4.69) is 15.5 Å². The number of carbonyl (C=O) groups excluding carboxylic acids is 2. The molecule has 0 unspecified atom stereocenters. The number of esters is 1. The van der Waals surface area contributed by atoms with E-state index in [1.54, 1.807) is 11.9 Å². The van der Waals surface area contributed by atoms with E-state index < -0.39 is 5.97 Å². The summed E-state index contributed by atoms with van der Waals surface area (Å²) in [5, 5.41) is 12.5. The molecule has 1 fully saturated rings. The molecular formula is C20H26N4O3S2. The lowest BCUT2D eigenvalue weighted by molar-refractivity contribution is -0.149. The number of anilines is 1. The number of amides is 1. The summed E-state index contributed by atoms with van der Waals surface area (Å²) >= 11 is 2.73. The molecule has 1 aliphatic rings. The third-order valence-corrected chi connectivity index (χ3v) is 6.66. The zero-order valence-corrected chi connectivity index (χ0v) is 18.1. The van der Waals surface area contributed by atoms with Crippen molar-refractivity contribution in [2.45, 2.75) is 49.0 Å². The molecule has 1 aromatic carbocycles. The SMILES string of the molecule is CN(Cc1ccccc1)C(=O)COC(=O)CSc1nnc(NC2CCCCC2)s1. The molecule has 3 rings (SSSR count). The second-order valence-corrected chi connectivity index (χ2v) is 9.24. The lowest BCUT2D eigenvalue weighted by Crippen LogP contribution is -2.31. The molecule has 0 atom stereocenters. The smallest absolute Gasteiger partial charge is 0.316 e. The van der Waals surface area contributed by atoms with E-state index in [0.717, 1.165) is 10.7 Å². The predicted octanol–water partition coefficient (Wildman–Crippen LogP) is 3.58. The van der Waals surface area contributed by atoms with Gasteiger partial charge < -0.3 is 15.0 Å².